The zero-order chi connectivity index (χ0) is 13.2. The van der Waals surface area contributed by atoms with Crippen LogP contribution in [0.2, 0.25) is 0 Å². The van der Waals surface area contributed by atoms with Gasteiger partial charge in [-0.25, -0.2) is 0 Å². The SMILES string of the molecule is C[C@@H](Nc1cncc(Br)c1)c1cc2ccccc2o1. The number of hydrogen-bond acceptors (Lipinski definition) is 3. The third kappa shape index (κ3) is 2.63. The molecule has 1 atom stereocenters. The number of pyridine rings is 1. The summed E-state index contributed by atoms with van der Waals surface area (Å²) in [5.41, 5.74) is 1.88. The van der Waals surface area contributed by atoms with Crippen LogP contribution in [0.1, 0.15) is 18.7 Å². The number of hydrogen-bond donors (Lipinski definition) is 1. The predicted molar refractivity (Wildman–Crippen MR) is 80.2 cm³/mol. The molecule has 0 aliphatic heterocycles. The second-order valence-corrected chi connectivity index (χ2v) is 5.36. The molecule has 2 heterocycles. The quantitative estimate of drug-likeness (QED) is 0.756. The maximum Gasteiger partial charge on any atom is 0.134 e. The Morgan fingerprint density at radius 2 is 2.05 bits per heavy atom. The highest BCUT2D eigenvalue weighted by Crippen LogP contribution is 2.26. The molecule has 0 aliphatic carbocycles. The summed E-state index contributed by atoms with van der Waals surface area (Å²) in [5.74, 6) is 0.918. The van der Waals surface area contributed by atoms with Gasteiger partial charge in [0, 0.05) is 16.1 Å². The van der Waals surface area contributed by atoms with E-state index < -0.39 is 0 Å². The minimum atomic E-state index is 0.0866. The Morgan fingerprint density at radius 3 is 2.84 bits per heavy atom. The number of rotatable bonds is 3. The van der Waals surface area contributed by atoms with Crippen molar-refractivity contribution in [3.05, 3.63) is 59.0 Å². The average Bonchev–Trinajstić information content (AvgIpc) is 2.82. The van der Waals surface area contributed by atoms with Crippen LogP contribution in [-0.2, 0) is 0 Å². The molecule has 0 bridgehead atoms. The first-order valence-corrected chi connectivity index (χ1v) is 6.87. The number of furan rings is 1. The maximum absolute atomic E-state index is 5.84. The van der Waals surface area contributed by atoms with Gasteiger partial charge in [-0.15, -0.1) is 0 Å². The van der Waals surface area contributed by atoms with Crippen LogP contribution < -0.4 is 5.32 Å². The van der Waals surface area contributed by atoms with Gasteiger partial charge in [0.15, 0.2) is 0 Å². The zero-order valence-electron chi connectivity index (χ0n) is 10.4. The number of nitrogens with one attached hydrogen (secondary N) is 1. The second kappa shape index (κ2) is 5.05. The summed E-state index contributed by atoms with van der Waals surface area (Å²) in [6.07, 6.45) is 3.56. The normalized spacial score (nSPS) is 12.5. The largest absolute Gasteiger partial charge is 0.459 e. The van der Waals surface area contributed by atoms with Gasteiger partial charge in [0.25, 0.3) is 0 Å². The summed E-state index contributed by atoms with van der Waals surface area (Å²) in [5, 5.41) is 4.50. The highest BCUT2D eigenvalue weighted by atomic mass is 79.9. The molecule has 3 nitrogen and oxygen atoms in total. The summed E-state index contributed by atoms with van der Waals surface area (Å²) in [7, 11) is 0. The first-order chi connectivity index (χ1) is 9.22. The van der Waals surface area contributed by atoms with Crippen LogP contribution in [0.25, 0.3) is 11.0 Å². The summed E-state index contributed by atoms with van der Waals surface area (Å²) >= 11 is 3.41. The van der Waals surface area contributed by atoms with E-state index in [9.17, 15) is 0 Å². The van der Waals surface area contributed by atoms with Crippen molar-refractivity contribution in [2.75, 3.05) is 5.32 Å². The van der Waals surface area contributed by atoms with E-state index in [4.69, 9.17) is 4.42 Å². The van der Waals surface area contributed by atoms with Gasteiger partial charge in [0.2, 0.25) is 0 Å². The molecule has 19 heavy (non-hydrogen) atoms. The number of halogens is 1. The molecule has 0 radical (unpaired) electrons. The molecule has 0 amide bonds. The van der Waals surface area contributed by atoms with Crippen molar-refractivity contribution in [1.29, 1.82) is 0 Å². The number of anilines is 1. The Labute approximate surface area is 119 Å². The second-order valence-electron chi connectivity index (χ2n) is 4.44. The average molecular weight is 317 g/mol. The third-order valence-electron chi connectivity index (χ3n) is 2.96. The first-order valence-electron chi connectivity index (χ1n) is 6.08. The number of benzene rings is 1. The van der Waals surface area contributed by atoms with Gasteiger partial charge in [-0.3, -0.25) is 4.98 Å². The fourth-order valence-electron chi connectivity index (χ4n) is 2.03. The Balaban J connectivity index is 1.85. The summed E-state index contributed by atoms with van der Waals surface area (Å²) in [4.78, 5) is 4.13. The summed E-state index contributed by atoms with van der Waals surface area (Å²) in [6.45, 7) is 2.07. The lowest BCUT2D eigenvalue weighted by molar-refractivity contribution is 0.526. The van der Waals surface area contributed by atoms with Crippen molar-refractivity contribution >= 4 is 32.6 Å². The van der Waals surface area contributed by atoms with E-state index in [1.807, 2.05) is 24.3 Å². The van der Waals surface area contributed by atoms with Gasteiger partial charge in [-0.05, 0) is 41.1 Å². The van der Waals surface area contributed by atoms with Gasteiger partial charge >= 0.3 is 0 Å². The van der Waals surface area contributed by atoms with Crippen molar-refractivity contribution in [2.24, 2.45) is 0 Å². The molecule has 96 valence electrons. The Bertz CT molecular complexity index is 675. The van der Waals surface area contributed by atoms with E-state index in [0.29, 0.717) is 0 Å². The molecule has 0 unspecified atom stereocenters. The van der Waals surface area contributed by atoms with E-state index >= 15 is 0 Å². The van der Waals surface area contributed by atoms with Crippen LogP contribution in [0.5, 0.6) is 0 Å². The topological polar surface area (TPSA) is 38.1 Å². The lowest BCUT2D eigenvalue weighted by Gasteiger charge is -2.12. The van der Waals surface area contributed by atoms with E-state index in [1.54, 1.807) is 12.4 Å². The minimum Gasteiger partial charge on any atom is -0.459 e. The van der Waals surface area contributed by atoms with Crippen LogP contribution >= 0.6 is 15.9 Å². The van der Waals surface area contributed by atoms with Crippen LogP contribution in [-0.4, -0.2) is 4.98 Å². The van der Waals surface area contributed by atoms with Crippen LogP contribution in [0.15, 0.2) is 57.7 Å². The molecule has 2 aromatic heterocycles. The number of fused-ring (bicyclic) bond motifs is 1. The monoisotopic (exact) mass is 316 g/mol. The molecular formula is C15H13BrN2O. The van der Waals surface area contributed by atoms with Crippen molar-refractivity contribution in [3.8, 4) is 0 Å². The molecular weight excluding hydrogens is 304 g/mol. The van der Waals surface area contributed by atoms with Crippen molar-refractivity contribution < 1.29 is 4.42 Å². The van der Waals surface area contributed by atoms with Gasteiger partial charge in [0.05, 0.1) is 17.9 Å². The molecule has 1 N–H and O–H groups in total. The first kappa shape index (κ1) is 12.2. The molecule has 3 aromatic rings. The lowest BCUT2D eigenvalue weighted by atomic mass is 10.2. The lowest BCUT2D eigenvalue weighted by Crippen LogP contribution is -2.05. The molecule has 0 saturated carbocycles. The Hall–Kier alpha value is -1.81. The van der Waals surface area contributed by atoms with Gasteiger partial charge in [-0.2, -0.15) is 0 Å². The Kier molecular flexibility index (Phi) is 3.25. The fourth-order valence-corrected chi connectivity index (χ4v) is 2.39. The standard InChI is InChI=1S/C15H13BrN2O/c1-10(18-13-7-12(16)8-17-9-13)15-6-11-4-2-3-5-14(11)19-15/h2-10,18H,1H3/t10-/m1/s1. The fraction of sp³-hybridized carbons (Fsp3) is 0.133. The zero-order valence-corrected chi connectivity index (χ0v) is 12.0. The van der Waals surface area contributed by atoms with Gasteiger partial charge in [0.1, 0.15) is 11.3 Å². The van der Waals surface area contributed by atoms with Crippen molar-refractivity contribution in [2.45, 2.75) is 13.0 Å². The van der Waals surface area contributed by atoms with Crippen LogP contribution in [0.3, 0.4) is 0 Å². The molecule has 1 aromatic carbocycles. The highest BCUT2D eigenvalue weighted by Gasteiger charge is 2.11. The molecule has 3 rings (SSSR count). The van der Waals surface area contributed by atoms with E-state index in [0.717, 1.165) is 26.9 Å². The molecule has 0 spiro atoms. The van der Waals surface area contributed by atoms with Crippen LogP contribution in [0.4, 0.5) is 5.69 Å². The number of nitrogens with zero attached hydrogens (tertiary/aromatic N) is 1. The number of aromatic nitrogens is 1. The van der Waals surface area contributed by atoms with Crippen molar-refractivity contribution in [1.82, 2.24) is 4.98 Å². The number of para-hydroxylation sites is 1. The molecule has 4 heteroatoms. The smallest absolute Gasteiger partial charge is 0.134 e. The third-order valence-corrected chi connectivity index (χ3v) is 3.39. The van der Waals surface area contributed by atoms with Gasteiger partial charge < -0.3 is 9.73 Å². The van der Waals surface area contributed by atoms with Crippen molar-refractivity contribution in [3.63, 3.8) is 0 Å². The predicted octanol–water partition coefficient (Wildman–Crippen LogP) is 4.76. The van der Waals surface area contributed by atoms with E-state index in [2.05, 4.69) is 45.3 Å². The van der Waals surface area contributed by atoms with E-state index in [1.165, 1.54) is 0 Å². The van der Waals surface area contributed by atoms with E-state index in [-0.39, 0.29) is 6.04 Å². The molecule has 0 aliphatic rings. The summed E-state index contributed by atoms with van der Waals surface area (Å²) < 4.78 is 6.79. The highest BCUT2D eigenvalue weighted by molar-refractivity contribution is 9.10. The molecule has 0 fully saturated rings. The minimum absolute atomic E-state index is 0.0866. The van der Waals surface area contributed by atoms with Crippen LogP contribution in [0, 0.1) is 0 Å². The maximum atomic E-state index is 5.84. The Morgan fingerprint density at radius 1 is 1.21 bits per heavy atom. The molecule has 0 saturated heterocycles. The van der Waals surface area contributed by atoms with Gasteiger partial charge in [-0.1, -0.05) is 18.2 Å². The summed E-state index contributed by atoms with van der Waals surface area (Å²) in [6, 6.07) is 12.2.